The molecule has 0 spiro atoms. The molecule has 1 aromatic carbocycles. The monoisotopic (exact) mass is 263 g/mol. The molecule has 3 nitrogen and oxygen atoms in total. The van der Waals surface area contributed by atoms with Crippen molar-refractivity contribution in [3.05, 3.63) is 53.6 Å². The zero-order valence-electron chi connectivity index (χ0n) is 10.4. The van der Waals surface area contributed by atoms with Crippen LogP contribution in [0.4, 0.5) is 0 Å². The van der Waals surface area contributed by atoms with E-state index in [1.54, 1.807) is 24.3 Å². The van der Waals surface area contributed by atoms with Gasteiger partial charge < -0.3 is 0 Å². The lowest BCUT2D eigenvalue weighted by Gasteiger charge is -2.22. The average Bonchev–Trinajstić information content (AvgIpc) is 2.28. The topological polar surface area (TPSA) is 37.4 Å². The molecule has 2 amide bonds. The molecular formula is C14H14ClNO2. The number of carbonyl (C=O) groups is 2. The van der Waals surface area contributed by atoms with Crippen LogP contribution in [0.5, 0.6) is 0 Å². The zero-order chi connectivity index (χ0) is 13.9. The van der Waals surface area contributed by atoms with Gasteiger partial charge in [0, 0.05) is 23.1 Å². The van der Waals surface area contributed by atoms with Gasteiger partial charge in [0.25, 0.3) is 5.91 Å². The van der Waals surface area contributed by atoms with E-state index in [1.807, 2.05) is 0 Å². The van der Waals surface area contributed by atoms with Crippen LogP contribution in [0.25, 0.3) is 5.70 Å². The van der Waals surface area contributed by atoms with Gasteiger partial charge in [0.1, 0.15) is 0 Å². The molecule has 94 valence electrons. The van der Waals surface area contributed by atoms with Crippen LogP contribution >= 0.6 is 11.6 Å². The molecule has 0 aromatic heterocycles. The fraction of sp³-hybridized carbons (Fsp3) is 0.143. The van der Waals surface area contributed by atoms with Gasteiger partial charge in [0.05, 0.1) is 5.70 Å². The summed E-state index contributed by atoms with van der Waals surface area (Å²) in [4.78, 5) is 24.5. The number of hydrogen-bond donors (Lipinski definition) is 0. The van der Waals surface area contributed by atoms with Crippen molar-refractivity contribution < 1.29 is 9.59 Å². The Kier molecular flexibility index (Phi) is 4.45. The highest BCUT2D eigenvalue weighted by molar-refractivity contribution is 6.32. The second-order valence-corrected chi connectivity index (χ2v) is 4.27. The Morgan fingerprint density at radius 1 is 1.17 bits per heavy atom. The lowest BCUT2D eigenvalue weighted by atomic mass is 10.1. The Morgan fingerprint density at radius 3 is 2.17 bits per heavy atom. The van der Waals surface area contributed by atoms with Gasteiger partial charge in [-0.3, -0.25) is 9.59 Å². The number of benzene rings is 1. The lowest BCUT2D eigenvalue weighted by Crippen LogP contribution is -2.33. The molecule has 0 aliphatic carbocycles. The van der Waals surface area contributed by atoms with Crippen molar-refractivity contribution in [2.45, 2.75) is 13.8 Å². The van der Waals surface area contributed by atoms with Crippen molar-refractivity contribution in [2.75, 3.05) is 0 Å². The van der Waals surface area contributed by atoms with Crippen LogP contribution in [0.2, 0.25) is 5.02 Å². The molecular weight excluding hydrogens is 250 g/mol. The lowest BCUT2D eigenvalue weighted by molar-refractivity contribution is -0.136. The molecule has 4 heteroatoms. The first kappa shape index (κ1) is 14.2. The van der Waals surface area contributed by atoms with Crippen molar-refractivity contribution in [2.24, 2.45) is 0 Å². The predicted octanol–water partition coefficient (Wildman–Crippen LogP) is 3.26. The third-order valence-corrected chi connectivity index (χ3v) is 2.67. The highest BCUT2D eigenvalue weighted by atomic mass is 35.5. The van der Waals surface area contributed by atoms with Gasteiger partial charge in [-0.15, -0.1) is 0 Å². The van der Waals surface area contributed by atoms with E-state index in [0.29, 0.717) is 10.6 Å². The summed E-state index contributed by atoms with van der Waals surface area (Å²) in [5.74, 6) is -0.902. The van der Waals surface area contributed by atoms with E-state index >= 15 is 0 Å². The largest absolute Gasteiger partial charge is 0.274 e. The van der Waals surface area contributed by atoms with Crippen molar-refractivity contribution >= 4 is 29.1 Å². The molecule has 0 saturated heterocycles. The normalized spacial score (nSPS) is 9.72. The maximum absolute atomic E-state index is 11.9. The summed E-state index contributed by atoms with van der Waals surface area (Å²) in [6, 6.07) is 6.89. The van der Waals surface area contributed by atoms with Gasteiger partial charge in [0.2, 0.25) is 5.91 Å². The molecule has 0 radical (unpaired) electrons. The first-order valence-corrected chi connectivity index (χ1v) is 5.68. The Hall–Kier alpha value is -1.87. The Balaban J connectivity index is 3.21. The van der Waals surface area contributed by atoms with Crippen LogP contribution < -0.4 is 0 Å². The number of rotatable bonds is 3. The van der Waals surface area contributed by atoms with Gasteiger partial charge in [0.15, 0.2) is 0 Å². The maximum atomic E-state index is 11.9. The predicted molar refractivity (Wildman–Crippen MR) is 72.8 cm³/mol. The van der Waals surface area contributed by atoms with Crippen LogP contribution in [-0.2, 0) is 9.59 Å². The molecule has 0 aliphatic heterocycles. The molecule has 0 aliphatic rings. The molecule has 0 N–H and O–H groups in total. The van der Waals surface area contributed by atoms with Crippen molar-refractivity contribution in [3.8, 4) is 0 Å². The van der Waals surface area contributed by atoms with Gasteiger partial charge in [-0.25, -0.2) is 4.90 Å². The molecule has 1 aromatic rings. The van der Waals surface area contributed by atoms with E-state index in [0.717, 1.165) is 4.90 Å². The summed E-state index contributed by atoms with van der Waals surface area (Å²) in [6.07, 6.45) is 0. The summed E-state index contributed by atoms with van der Waals surface area (Å²) in [5, 5.41) is 0.434. The third-order valence-electron chi connectivity index (χ3n) is 2.34. The molecule has 0 fully saturated rings. The van der Waals surface area contributed by atoms with Gasteiger partial charge >= 0.3 is 0 Å². The minimum atomic E-state index is -0.479. The van der Waals surface area contributed by atoms with Gasteiger partial charge in [-0.1, -0.05) is 43.0 Å². The van der Waals surface area contributed by atoms with Crippen LogP contribution in [0.1, 0.15) is 19.4 Å². The highest BCUT2D eigenvalue weighted by Gasteiger charge is 2.23. The van der Waals surface area contributed by atoms with Crippen LogP contribution in [-0.4, -0.2) is 16.7 Å². The van der Waals surface area contributed by atoms with E-state index < -0.39 is 11.8 Å². The molecule has 0 saturated carbocycles. The number of hydrogen-bond acceptors (Lipinski definition) is 2. The Morgan fingerprint density at radius 2 is 1.72 bits per heavy atom. The number of nitrogens with zero attached hydrogens (tertiary/aromatic N) is 1. The van der Waals surface area contributed by atoms with Crippen molar-refractivity contribution in [1.29, 1.82) is 0 Å². The number of carbonyl (C=O) groups excluding carboxylic acids is 2. The molecule has 0 unspecified atom stereocenters. The summed E-state index contributed by atoms with van der Waals surface area (Å²) < 4.78 is 0. The molecule has 0 atom stereocenters. The standard InChI is InChI=1S/C14H14ClNO2/c1-9(2)14(18)16(11(4)17)10(3)12-7-5-6-8-13(12)15/h5-8H,1,3H2,2,4H3. The van der Waals surface area contributed by atoms with Crippen LogP contribution in [0.15, 0.2) is 43.0 Å². The fourth-order valence-electron chi connectivity index (χ4n) is 1.46. The molecule has 18 heavy (non-hydrogen) atoms. The van der Waals surface area contributed by atoms with E-state index in [1.165, 1.54) is 13.8 Å². The van der Waals surface area contributed by atoms with E-state index in [2.05, 4.69) is 13.2 Å². The second kappa shape index (κ2) is 5.65. The van der Waals surface area contributed by atoms with E-state index in [-0.39, 0.29) is 11.3 Å². The van der Waals surface area contributed by atoms with Gasteiger partial charge in [-0.05, 0) is 13.0 Å². The van der Waals surface area contributed by atoms with Crippen molar-refractivity contribution in [3.63, 3.8) is 0 Å². The maximum Gasteiger partial charge on any atom is 0.260 e. The Labute approximate surface area is 111 Å². The fourth-order valence-corrected chi connectivity index (χ4v) is 1.71. The van der Waals surface area contributed by atoms with Gasteiger partial charge in [-0.2, -0.15) is 0 Å². The molecule has 1 rings (SSSR count). The quantitative estimate of drug-likeness (QED) is 0.785. The Bertz CT molecular complexity index is 534. The SMILES string of the molecule is C=C(C)C(=O)N(C(=C)c1ccccc1Cl)C(C)=O. The van der Waals surface area contributed by atoms with E-state index in [9.17, 15) is 9.59 Å². The first-order chi connectivity index (χ1) is 8.36. The highest BCUT2D eigenvalue weighted by Crippen LogP contribution is 2.26. The molecule has 0 bridgehead atoms. The van der Waals surface area contributed by atoms with Crippen molar-refractivity contribution in [1.82, 2.24) is 4.90 Å². The summed E-state index contributed by atoms with van der Waals surface area (Å²) in [7, 11) is 0. The molecule has 0 heterocycles. The first-order valence-electron chi connectivity index (χ1n) is 5.30. The van der Waals surface area contributed by atoms with Crippen LogP contribution in [0, 0.1) is 0 Å². The average molecular weight is 264 g/mol. The number of halogens is 1. The number of imide groups is 1. The summed E-state index contributed by atoms with van der Waals surface area (Å²) in [6.45, 7) is 10.1. The summed E-state index contributed by atoms with van der Waals surface area (Å²) in [5.41, 5.74) is 1.06. The number of amides is 2. The second-order valence-electron chi connectivity index (χ2n) is 3.87. The minimum Gasteiger partial charge on any atom is -0.274 e. The summed E-state index contributed by atoms with van der Waals surface area (Å²) >= 11 is 6.02. The smallest absolute Gasteiger partial charge is 0.260 e. The zero-order valence-corrected chi connectivity index (χ0v) is 11.1. The minimum absolute atomic E-state index is 0.251. The van der Waals surface area contributed by atoms with E-state index in [4.69, 9.17) is 11.6 Å². The third kappa shape index (κ3) is 2.87. The van der Waals surface area contributed by atoms with Crippen LogP contribution in [0.3, 0.4) is 0 Å².